The van der Waals surface area contributed by atoms with E-state index in [1.165, 1.54) is 0 Å². The van der Waals surface area contributed by atoms with E-state index in [1.807, 2.05) is 36.7 Å². The number of aryl methyl sites for hydroxylation is 2. The Morgan fingerprint density at radius 2 is 1.79 bits per heavy atom. The lowest BCUT2D eigenvalue weighted by atomic mass is 10.1. The van der Waals surface area contributed by atoms with Crippen LogP contribution in [-0.4, -0.2) is 65.7 Å². The molecule has 0 bridgehead atoms. The molecule has 2 aliphatic rings. The molecule has 2 atom stereocenters. The molecule has 1 aromatic carbocycles. The van der Waals surface area contributed by atoms with Gasteiger partial charge < -0.3 is 5.32 Å². The zero-order valence-electron chi connectivity index (χ0n) is 16.3. The van der Waals surface area contributed by atoms with Gasteiger partial charge in [0.1, 0.15) is 0 Å². The van der Waals surface area contributed by atoms with Gasteiger partial charge in [-0.25, -0.2) is 13.1 Å². The summed E-state index contributed by atoms with van der Waals surface area (Å²) in [6.45, 7) is 5.74. The monoisotopic (exact) mass is 402 g/mol. The Labute approximate surface area is 165 Å². The second-order valence-corrected chi connectivity index (χ2v) is 10.0. The van der Waals surface area contributed by atoms with Gasteiger partial charge in [0.05, 0.1) is 28.9 Å². The van der Waals surface area contributed by atoms with E-state index in [9.17, 15) is 13.2 Å². The first kappa shape index (κ1) is 19.1. The topological polar surface area (TPSA) is 84.3 Å². The maximum Gasteiger partial charge on any atom is 0.251 e. The van der Waals surface area contributed by atoms with Crippen molar-refractivity contribution in [3.63, 3.8) is 0 Å². The first-order valence-corrected chi connectivity index (χ1v) is 11.5. The van der Waals surface area contributed by atoms with Crippen LogP contribution in [0.4, 0.5) is 0 Å². The standard InChI is InChI=1S/C20H26N4O3S/c1-14-11-15(2)24(22-14)17-7-5-16(6-8-17)20(25)21-18-12-28(26,27)13-19(18)23-9-3-4-10-23/h5-8,11,18-19H,3-4,9-10,12-13H2,1-2H3,(H,21,25). The van der Waals surface area contributed by atoms with Gasteiger partial charge in [-0.2, -0.15) is 5.10 Å². The van der Waals surface area contributed by atoms with Crippen molar-refractivity contribution in [2.24, 2.45) is 0 Å². The van der Waals surface area contributed by atoms with Crippen LogP contribution in [0.25, 0.3) is 5.69 Å². The normalized spacial score (nSPS) is 24.5. The van der Waals surface area contributed by atoms with Gasteiger partial charge in [0.15, 0.2) is 9.84 Å². The van der Waals surface area contributed by atoms with Gasteiger partial charge in [-0.1, -0.05) is 0 Å². The molecule has 2 aromatic rings. The smallest absolute Gasteiger partial charge is 0.251 e. The number of aromatic nitrogens is 2. The van der Waals surface area contributed by atoms with E-state index in [4.69, 9.17) is 0 Å². The van der Waals surface area contributed by atoms with Crippen molar-refractivity contribution in [2.75, 3.05) is 24.6 Å². The number of benzene rings is 1. The molecule has 1 aromatic heterocycles. The maximum atomic E-state index is 12.7. The Morgan fingerprint density at radius 3 is 2.39 bits per heavy atom. The first-order valence-electron chi connectivity index (χ1n) is 9.71. The third-order valence-corrected chi connectivity index (χ3v) is 7.35. The third-order valence-electron chi connectivity index (χ3n) is 5.63. The van der Waals surface area contributed by atoms with Crippen molar-refractivity contribution in [2.45, 2.75) is 38.8 Å². The van der Waals surface area contributed by atoms with E-state index in [0.717, 1.165) is 43.0 Å². The zero-order valence-corrected chi connectivity index (χ0v) is 17.1. The Morgan fingerprint density at radius 1 is 1.11 bits per heavy atom. The molecule has 0 saturated carbocycles. The number of rotatable bonds is 4. The number of likely N-dealkylation sites (tertiary alicyclic amines) is 1. The van der Waals surface area contributed by atoms with E-state index in [-0.39, 0.29) is 29.5 Å². The summed E-state index contributed by atoms with van der Waals surface area (Å²) >= 11 is 0. The van der Waals surface area contributed by atoms with Crippen molar-refractivity contribution in [1.82, 2.24) is 20.0 Å². The predicted octanol–water partition coefficient (Wildman–Crippen LogP) is 1.48. The van der Waals surface area contributed by atoms with Crippen LogP contribution in [0, 0.1) is 13.8 Å². The van der Waals surface area contributed by atoms with Crippen molar-refractivity contribution in [1.29, 1.82) is 0 Å². The lowest BCUT2D eigenvalue weighted by Crippen LogP contribution is -2.50. The van der Waals surface area contributed by atoms with Crippen molar-refractivity contribution < 1.29 is 13.2 Å². The molecule has 2 fully saturated rings. The number of sulfone groups is 1. The molecule has 7 nitrogen and oxygen atoms in total. The van der Waals surface area contributed by atoms with Gasteiger partial charge in [-0.05, 0) is 70.1 Å². The molecule has 28 heavy (non-hydrogen) atoms. The summed E-state index contributed by atoms with van der Waals surface area (Å²) in [5.41, 5.74) is 3.38. The highest BCUT2D eigenvalue weighted by Crippen LogP contribution is 2.23. The molecule has 0 aliphatic carbocycles. The molecule has 8 heteroatoms. The summed E-state index contributed by atoms with van der Waals surface area (Å²) < 4.78 is 26.2. The number of carbonyl (C=O) groups is 1. The van der Waals surface area contributed by atoms with Crippen LogP contribution < -0.4 is 5.32 Å². The second kappa shape index (κ2) is 7.33. The zero-order chi connectivity index (χ0) is 19.9. The van der Waals surface area contributed by atoms with Crippen LogP contribution in [0.2, 0.25) is 0 Å². The van der Waals surface area contributed by atoms with E-state index in [1.54, 1.807) is 12.1 Å². The second-order valence-electron chi connectivity index (χ2n) is 7.85. The van der Waals surface area contributed by atoms with Gasteiger partial charge in [0, 0.05) is 17.3 Å². The highest BCUT2D eigenvalue weighted by atomic mass is 32.2. The highest BCUT2D eigenvalue weighted by Gasteiger charge is 2.42. The first-order chi connectivity index (χ1) is 13.3. The minimum absolute atomic E-state index is 0.0176. The number of hydrogen-bond donors (Lipinski definition) is 1. The molecule has 0 spiro atoms. The number of nitrogens with zero attached hydrogens (tertiary/aromatic N) is 3. The van der Waals surface area contributed by atoms with Crippen LogP contribution in [0.3, 0.4) is 0 Å². The molecular weight excluding hydrogens is 376 g/mol. The lowest BCUT2D eigenvalue weighted by molar-refractivity contribution is 0.0918. The van der Waals surface area contributed by atoms with E-state index >= 15 is 0 Å². The van der Waals surface area contributed by atoms with Crippen LogP contribution >= 0.6 is 0 Å². The number of carbonyl (C=O) groups excluding carboxylic acids is 1. The van der Waals surface area contributed by atoms with Gasteiger partial charge in [-0.15, -0.1) is 0 Å². The van der Waals surface area contributed by atoms with Crippen LogP contribution in [0.1, 0.15) is 34.6 Å². The average molecular weight is 403 g/mol. The summed E-state index contributed by atoms with van der Waals surface area (Å²) in [6.07, 6.45) is 2.18. The maximum absolute atomic E-state index is 12.7. The van der Waals surface area contributed by atoms with Gasteiger partial charge >= 0.3 is 0 Å². The average Bonchev–Trinajstić information content (AvgIpc) is 3.34. The lowest BCUT2D eigenvalue weighted by Gasteiger charge is -2.28. The fourth-order valence-corrected chi connectivity index (χ4v) is 6.25. The molecule has 4 rings (SSSR count). The molecule has 0 radical (unpaired) electrons. The number of nitrogens with one attached hydrogen (secondary N) is 1. The molecule has 3 heterocycles. The van der Waals surface area contributed by atoms with Crippen LogP contribution in [0.5, 0.6) is 0 Å². The van der Waals surface area contributed by atoms with Crippen molar-refractivity contribution >= 4 is 15.7 Å². The van der Waals surface area contributed by atoms with Crippen molar-refractivity contribution in [3.05, 3.63) is 47.3 Å². The Balaban J connectivity index is 1.49. The minimum Gasteiger partial charge on any atom is -0.347 e. The van der Waals surface area contributed by atoms with E-state index in [0.29, 0.717) is 5.56 Å². The minimum atomic E-state index is -3.12. The van der Waals surface area contributed by atoms with Crippen LogP contribution in [-0.2, 0) is 9.84 Å². The summed E-state index contributed by atoms with van der Waals surface area (Å²) in [4.78, 5) is 15.0. The van der Waals surface area contributed by atoms with Crippen LogP contribution in [0.15, 0.2) is 30.3 Å². The predicted molar refractivity (Wildman–Crippen MR) is 108 cm³/mol. The SMILES string of the molecule is Cc1cc(C)n(-c2ccc(C(=O)NC3CS(=O)(=O)CC3N3CCCC3)cc2)n1. The molecule has 1 amide bonds. The van der Waals surface area contributed by atoms with E-state index < -0.39 is 9.84 Å². The van der Waals surface area contributed by atoms with Gasteiger partial charge in [0.2, 0.25) is 0 Å². The quantitative estimate of drug-likeness (QED) is 0.837. The summed E-state index contributed by atoms with van der Waals surface area (Å²) in [5.74, 6) is -0.0790. The molecule has 2 saturated heterocycles. The van der Waals surface area contributed by atoms with Gasteiger partial charge in [-0.3, -0.25) is 9.69 Å². The third kappa shape index (κ3) is 3.84. The highest BCUT2D eigenvalue weighted by molar-refractivity contribution is 7.91. The summed E-state index contributed by atoms with van der Waals surface area (Å²) in [5, 5.41) is 7.42. The Kier molecular flexibility index (Phi) is 5.01. The molecule has 1 N–H and O–H groups in total. The summed E-state index contributed by atoms with van der Waals surface area (Å²) in [7, 11) is -3.12. The van der Waals surface area contributed by atoms with Gasteiger partial charge in [0.25, 0.3) is 5.91 Å². The fraction of sp³-hybridized carbons (Fsp3) is 0.500. The Bertz CT molecular complexity index is 975. The summed E-state index contributed by atoms with van der Waals surface area (Å²) in [6, 6.07) is 8.76. The molecular formula is C20H26N4O3S. The number of hydrogen-bond acceptors (Lipinski definition) is 5. The fourth-order valence-electron chi connectivity index (χ4n) is 4.30. The molecule has 2 unspecified atom stereocenters. The molecule has 2 aliphatic heterocycles. The largest absolute Gasteiger partial charge is 0.347 e. The van der Waals surface area contributed by atoms with Crippen molar-refractivity contribution in [3.8, 4) is 5.69 Å². The molecule has 150 valence electrons. The number of amides is 1. The van der Waals surface area contributed by atoms with E-state index in [2.05, 4.69) is 15.3 Å². The Hall–Kier alpha value is -2.19.